The maximum atomic E-state index is 11.2. The van der Waals surface area contributed by atoms with Gasteiger partial charge in [-0.2, -0.15) is 0 Å². The number of nitrogens with one attached hydrogen (secondary N) is 1. The highest BCUT2D eigenvalue weighted by Crippen LogP contribution is 2.29. The number of hydrogen-bond acceptors (Lipinski definition) is 1. The molecule has 0 aromatic heterocycles. The summed E-state index contributed by atoms with van der Waals surface area (Å²) in [5.41, 5.74) is 0. The van der Waals surface area contributed by atoms with E-state index in [0.29, 0.717) is 0 Å². The van der Waals surface area contributed by atoms with E-state index in [1.807, 2.05) is 0 Å². The first kappa shape index (κ1) is 11.5. The average molecular weight is 197 g/mol. The van der Waals surface area contributed by atoms with Crippen molar-refractivity contribution in [3.8, 4) is 0 Å². The third kappa shape index (κ3) is 3.32. The van der Waals surface area contributed by atoms with Crippen LogP contribution in [0.5, 0.6) is 0 Å². The van der Waals surface area contributed by atoms with Crippen molar-refractivity contribution in [3.63, 3.8) is 0 Å². The normalized spacial score (nSPS) is 25.3. The molecule has 2 heteroatoms. The zero-order valence-electron chi connectivity index (χ0n) is 9.51. The minimum Gasteiger partial charge on any atom is -0.356 e. The van der Waals surface area contributed by atoms with Gasteiger partial charge in [0.2, 0.25) is 5.91 Å². The zero-order valence-corrected chi connectivity index (χ0v) is 9.51. The van der Waals surface area contributed by atoms with E-state index in [1.54, 1.807) is 0 Å². The van der Waals surface area contributed by atoms with Crippen molar-refractivity contribution in [2.45, 2.75) is 52.4 Å². The van der Waals surface area contributed by atoms with Crippen LogP contribution in [0.4, 0.5) is 0 Å². The molecule has 2 nitrogen and oxygen atoms in total. The maximum Gasteiger partial charge on any atom is 0.220 e. The van der Waals surface area contributed by atoms with E-state index < -0.39 is 0 Å². The Morgan fingerprint density at radius 2 is 2.21 bits per heavy atom. The summed E-state index contributed by atoms with van der Waals surface area (Å²) in [6.07, 6.45) is 6.90. The Balaban J connectivity index is 2.43. The van der Waals surface area contributed by atoms with Gasteiger partial charge in [-0.25, -0.2) is 0 Å². The molecule has 14 heavy (non-hydrogen) atoms. The molecule has 1 rings (SSSR count). The minimum atomic E-state index is 0.249. The third-order valence-electron chi connectivity index (χ3n) is 3.43. The van der Waals surface area contributed by atoms with Crippen LogP contribution in [0.1, 0.15) is 52.4 Å². The molecular weight excluding hydrogens is 174 g/mol. The Morgan fingerprint density at radius 3 is 2.86 bits per heavy atom. The molecule has 0 aromatic rings. The number of rotatable bonds is 4. The summed E-state index contributed by atoms with van der Waals surface area (Å²) in [7, 11) is 0. The maximum absolute atomic E-state index is 11.2. The van der Waals surface area contributed by atoms with Gasteiger partial charge in [0.15, 0.2) is 0 Å². The molecule has 0 aromatic carbocycles. The van der Waals surface area contributed by atoms with Crippen molar-refractivity contribution in [2.24, 2.45) is 11.8 Å². The molecular formula is C12H23NO. The van der Waals surface area contributed by atoms with Gasteiger partial charge in [0.05, 0.1) is 0 Å². The van der Waals surface area contributed by atoms with Gasteiger partial charge in [-0.15, -0.1) is 0 Å². The van der Waals surface area contributed by atoms with E-state index in [9.17, 15) is 4.79 Å². The van der Waals surface area contributed by atoms with Gasteiger partial charge < -0.3 is 5.32 Å². The molecule has 2 atom stereocenters. The Morgan fingerprint density at radius 1 is 1.43 bits per heavy atom. The van der Waals surface area contributed by atoms with E-state index in [2.05, 4.69) is 19.2 Å². The van der Waals surface area contributed by atoms with E-state index in [0.717, 1.165) is 31.2 Å². The van der Waals surface area contributed by atoms with Crippen LogP contribution < -0.4 is 5.32 Å². The fourth-order valence-corrected chi connectivity index (χ4v) is 2.56. The Hall–Kier alpha value is -0.530. The van der Waals surface area contributed by atoms with Gasteiger partial charge in [0, 0.05) is 13.0 Å². The summed E-state index contributed by atoms with van der Waals surface area (Å²) in [5, 5.41) is 2.96. The first-order chi connectivity index (χ1) is 6.77. The monoisotopic (exact) mass is 197 g/mol. The number of carbonyl (C=O) groups is 1. The van der Waals surface area contributed by atoms with Crippen molar-refractivity contribution in [3.05, 3.63) is 0 Å². The van der Waals surface area contributed by atoms with Crippen LogP contribution in [0.25, 0.3) is 0 Å². The van der Waals surface area contributed by atoms with Gasteiger partial charge in [0.25, 0.3) is 0 Å². The van der Waals surface area contributed by atoms with Gasteiger partial charge in [-0.3, -0.25) is 4.79 Å². The van der Waals surface area contributed by atoms with E-state index in [1.165, 1.54) is 25.7 Å². The van der Waals surface area contributed by atoms with E-state index >= 15 is 0 Å². The Bertz CT molecular complexity index is 179. The van der Waals surface area contributed by atoms with Crippen LogP contribution in [-0.2, 0) is 4.79 Å². The molecule has 0 radical (unpaired) electrons. The molecule has 1 N–H and O–H groups in total. The molecule has 82 valence electrons. The lowest BCUT2D eigenvalue weighted by molar-refractivity contribution is -0.120. The molecule has 1 saturated heterocycles. The SMILES string of the molecule is CCCC(CC)C1CCNC(=O)CC1. The van der Waals surface area contributed by atoms with Crippen LogP contribution in [0.15, 0.2) is 0 Å². The third-order valence-corrected chi connectivity index (χ3v) is 3.43. The summed E-state index contributed by atoms with van der Waals surface area (Å²) < 4.78 is 0. The highest BCUT2D eigenvalue weighted by molar-refractivity contribution is 5.76. The first-order valence-electron chi connectivity index (χ1n) is 6.04. The van der Waals surface area contributed by atoms with Crippen molar-refractivity contribution >= 4 is 5.91 Å². The second kappa shape index (κ2) is 6.05. The zero-order chi connectivity index (χ0) is 10.4. The standard InChI is InChI=1S/C12H23NO/c1-3-5-10(4-2)11-6-7-12(14)13-9-8-11/h10-11H,3-9H2,1-2H3,(H,13,14). The van der Waals surface area contributed by atoms with Crippen LogP contribution in [0.3, 0.4) is 0 Å². The van der Waals surface area contributed by atoms with Gasteiger partial charge >= 0.3 is 0 Å². The average Bonchev–Trinajstić information content (AvgIpc) is 2.40. The molecule has 0 spiro atoms. The lowest BCUT2D eigenvalue weighted by Gasteiger charge is -2.23. The topological polar surface area (TPSA) is 29.1 Å². The summed E-state index contributed by atoms with van der Waals surface area (Å²) in [6.45, 7) is 5.42. The highest BCUT2D eigenvalue weighted by Gasteiger charge is 2.22. The fraction of sp³-hybridized carbons (Fsp3) is 0.917. The largest absolute Gasteiger partial charge is 0.356 e. The van der Waals surface area contributed by atoms with Crippen molar-refractivity contribution < 1.29 is 4.79 Å². The second-order valence-corrected chi connectivity index (χ2v) is 4.39. The molecule has 1 aliphatic heterocycles. The number of hydrogen-bond donors (Lipinski definition) is 1. The Labute approximate surface area is 87.5 Å². The van der Waals surface area contributed by atoms with Crippen LogP contribution in [0, 0.1) is 11.8 Å². The molecule has 1 fully saturated rings. The summed E-state index contributed by atoms with van der Waals surface area (Å²) in [5.74, 6) is 1.87. The molecule has 1 heterocycles. The van der Waals surface area contributed by atoms with Crippen LogP contribution in [0.2, 0.25) is 0 Å². The first-order valence-corrected chi connectivity index (χ1v) is 6.04. The predicted molar refractivity (Wildman–Crippen MR) is 59.0 cm³/mol. The molecule has 0 saturated carbocycles. The van der Waals surface area contributed by atoms with Gasteiger partial charge in [-0.1, -0.05) is 33.1 Å². The van der Waals surface area contributed by atoms with Gasteiger partial charge in [0.1, 0.15) is 0 Å². The highest BCUT2D eigenvalue weighted by atomic mass is 16.1. The summed E-state index contributed by atoms with van der Waals surface area (Å²) in [6, 6.07) is 0. The second-order valence-electron chi connectivity index (χ2n) is 4.39. The summed E-state index contributed by atoms with van der Waals surface area (Å²) in [4.78, 5) is 11.2. The Kier molecular flexibility index (Phi) is 4.99. The number of amides is 1. The molecule has 0 aliphatic carbocycles. The minimum absolute atomic E-state index is 0.249. The van der Waals surface area contributed by atoms with Crippen molar-refractivity contribution in [1.29, 1.82) is 0 Å². The van der Waals surface area contributed by atoms with Crippen LogP contribution >= 0.6 is 0 Å². The molecule has 1 aliphatic rings. The molecule has 2 unspecified atom stereocenters. The number of carbonyl (C=O) groups excluding carboxylic acids is 1. The van der Waals surface area contributed by atoms with Crippen molar-refractivity contribution in [1.82, 2.24) is 5.32 Å². The van der Waals surface area contributed by atoms with Crippen LogP contribution in [-0.4, -0.2) is 12.5 Å². The quantitative estimate of drug-likeness (QED) is 0.737. The molecule has 0 bridgehead atoms. The summed E-state index contributed by atoms with van der Waals surface area (Å²) >= 11 is 0. The lowest BCUT2D eigenvalue weighted by Crippen LogP contribution is -2.21. The fourth-order valence-electron chi connectivity index (χ4n) is 2.56. The van der Waals surface area contributed by atoms with Crippen molar-refractivity contribution in [2.75, 3.05) is 6.54 Å². The predicted octanol–water partition coefficient (Wildman–Crippen LogP) is 2.73. The molecule has 1 amide bonds. The lowest BCUT2D eigenvalue weighted by atomic mass is 9.82. The smallest absolute Gasteiger partial charge is 0.220 e. The van der Waals surface area contributed by atoms with E-state index in [4.69, 9.17) is 0 Å². The van der Waals surface area contributed by atoms with E-state index in [-0.39, 0.29) is 5.91 Å². The van der Waals surface area contributed by atoms with Gasteiger partial charge in [-0.05, 0) is 24.7 Å².